The van der Waals surface area contributed by atoms with E-state index in [4.69, 9.17) is 4.74 Å². The molecule has 0 unspecified atom stereocenters. The molecule has 25 heavy (non-hydrogen) atoms. The summed E-state index contributed by atoms with van der Waals surface area (Å²) in [5.74, 6) is 1.35. The summed E-state index contributed by atoms with van der Waals surface area (Å²) in [6.07, 6.45) is 4.13. The molecule has 1 aromatic rings. The topological polar surface area (TPSA) is 70.7 Å². The van der Waals surface area contributed by atoms with Crippen LogP contribution < -0.4 is 15.4 Å². The zero-order valence-corrected chi connectivity index (χ0v) is 15.0. The van der Waals surface area contributed by atoms with Crippen molar-refractivity contribution in [3.63, 3.8) is 0 Å². The van der Waals surface area contributed by atoms with E-state index in [0.717, 1.165) is 30.8 Å². The number of carbonyl (C=O) groups is 2. The smallest absolute Gasteiger partial charge is 0.241 e. The van der Waals surface area contributed by atoms with Crippen LogP contribution in [-0.4, -0.2) is 49.0 Å². The molecule has 1 aliphatic heterocycles. The lowest BCUT2D eigenvalue weighted by molar-refractivity contribution is -0.125. The number of hydrogen-bond donors (Lipinski definition) is 2. The van der Waals surface area contributed by atoms with Crippen LogP contribution in [0.5, 0.6) is 5.75 Å². The second-order valence-electron chi connectivity index (χ2n) is 7.04. The summed E-state index contributed by atoms with van der Waals surface area (Å²) >= 11 is 0. The highest BCUT2D eigenvalue weighted by molar-refractivity contribution is 5.95. The number of hydrogen-bond acceptors (Lipinski definition) is 4. The Morgan fingerprint density at radius 3 is 2.60 bits per heavy atom. The zero-order chi connectivity index (χ0) is 17.8. The molecule has 0 radical (unpaired) electrons. The van der Waals surface area contributed by atoms with Gasteiger partial charge in [-0.05, 0) is 69.3 Å². The Morgan fingerprint density at radius 2 is 1.96 bits per heavy atom. The first-order chi connectivity index (χ1) is 12.1. The Hall–Kier alpha value is -2.08. The predicted molar refractivity (Wildman–Crippen MR) is 96.5 cm³/mol. The van der Waals surface area contributed by atoms with Crippen LogP contribution in [0.3, 0.4) is 0 Å². The minimum Gasteiger partial charge on any atom is -0.497 e. The third-order valence-electron chi connectivity index (χ3n) is 5.09. The Labute approximate surface area is 148 Å². The van der Waals surface area contributed by atoms with Gasteiger partial charge in [-0.15, -0.1) is 0 Å². The maximum absolute atomic E-state index is 12.6. The number of anilines is 1. The highest BCUT2D eigenvalue weighted by Crippen LogP contribution is 2.32. The molecule has 2 atom stereocenters. The van der Waals surface area contributed by atoms with E-state index in [2.05, 4.69) is 17.6 Å². The lowest BCUT2D eigenvalue weighted by atomic mass is 10.2. The van der Waals surface area contributed by atoms with Crippen LogP contribution in [0.25, 0.3) is 0 Å². The van der Waals surface area contributed by atoms with Crippen LogP contribution in [0.4, 0.5) is 5.69 Å². The number of amides is 2. The first-order valence-corrected chi connectivity index (χ1v) is 9.05. The number of nitrogens with one attached hydrogen (secondary N) is 2. The highest BCUT2D eigenvalue weighted by atomic mass is 16.5. The molecule has 1 heterocycles. The van der Waals surface area contributed by atoms with Crippen molar-refractivity contribution in [3.8, 4) is 5.75 Å². The largest absolute Gasteiger partial charge is 0.497 e. The maximum Gasteiger partial charge on any atom is 0.241 e. The van der Waals surface area contributed by atoms with E-state index in [9.17, 15) is 9.59 Å². The van der Waals surface area contributed by atoms with E-state index in [1.54, 1.807) is 7.11 Å². The fourth-order valence-electron chi connectivity index (χ4n) is 3.41. The molecule has 1 aliphatic carbocycles. The minimum absolute atomic E-state index is 0.0172. The van der Waals surface area contributed by atoms with Crippen molar-refractivity contribution in [2.45, 2.75) is 44.7 Å². The summed E-state index contributed by atoms with van der Waals surface area (Å²) in [4.78, 5) is 26.8. The quantitative estimate of drug-likeness (QED) is 0.793. The summed E-state index contributed by atoms with van der Waals surface area (Å²) in [6, 6.07) is 7.26. The minimum atomic E-state index is -0.246. The summed E-state index contributed by atoms with van der Waals surface area (Å²) in [7, 11) is 1.61. The van der Waals surface area contributed by atoms with Crippen LogP contribution in [-0.2, 0) is 9.59 Å². The molecular formula is C19H27N3O3. The van der Waals surface area contributed by atoms with Gasteiger partial charge in [0, 0.05) is 11.7 Å². The van der Waals surface area contributed by atoms with Crippen molar-refractivity contribution in [1.29, 1.82) is 0 Å². The molecule has 136 valence electrons. The van der Waals surface area contributed by atoms with E-state index in [1.807, 2.05) is 29.2 Å². The van der Waals surface area contributed by atoms with Gasteiger partial charge in [0.05, 0.1) is 19.7 Å². The highest BCUT2D eigenvalue weighted by Gasteiger charge is 2.33. The van der Waals surface area contributed by atoms with Crippen LogP contribution in [0, 0.1) is 5.92 Å². The molecule has 2 fully saturated rings. The van der Waals surface area contributed by atoms with Crippen molar-refractivity contribution in [1.82, 2.24) is 10.2 Å². The van der Waals surface area contributed by atoms with Crippen molar-refractivity contribution in [3.05, 3.63) is 24.3 Å². The van der Waals surface area contributed by atoms with Gasteiger partial charge in [0.25, 0.3) is 0 Å². The molecule has 6 heteroatoms. The molecule has 2 aliphatic rings. The van der Waals surface area contributed by atoms with Gasteiger partial charge >= 0.3 is 0 Å². The molecule has 6 nitrogen and oxygen atoms in total. The molecule has 1 saturated heterocycles. The van der Waals surface area contributed by atoms with Gasteiger partial charge in [-0.3, -0.25) is 14.5 Å². The molecule has 0 bridgehead atoms. The SMILES string of the molecule is COc1ccc(NC(=O)[C@H]2CCCN2CC(=O)N[C@@H](C)C2CC2)cc1. The number of nitrogens with zero attached hydrogens (tertiary/aromatic N) is 1. The predicted octanol–water partition coefficient (Wildman–Crippen LogP) is 2.01. The van der Waals surface area contributed by atoms with Crippen LogP contribution in [0.15, 0.2) is 24.3 Å². The number of benzene rings is 1. The average Bonchev–Trinajstić information content (AvgIpc) is 3.35. The van der Waals surface area contributed by atoms with Crippen molar-refractivity contribution >= 4 is 17.5 Å². The van der Waals surface area contributed by atoms with Crippen molar-refractivity contribution in [2.75, 3.05) is 25.5 Å². The second kappa shape index (κ2) is 7.87. The van der Waals surface area contributed by atoms with Crippen LogP contribution >= 0.6 is 0 Å². The van der Waals surface area contributed by atoms with Gasteiger partial charge < -0.3 is 15.4 Å². The fraction of sp³-hybridized carbons (Fsp3) is 0.579. The number of likely N-dealkylation sites (tertiary alicyclic amines) is 1. The average molecular weight is 345 g/mol. The first kappa shape index (κ1) is 17.7. The molecule has 0 spiro atoms. The molecule has 1 aromatic carbocycles. The van der Waals surface area contributed by atoms with Gasteiger partial charge in [0.15, 0.2) is 0 Å². The molecule has 2 N–H and O–H groups in total. The Balaban J connectivity index is 1.52. The monoisotopic (exact) mass is 345 g/mol. The normalized spacial score (nSPS) is 21.6. The second-order valence-corrected chi connectivity index (χ2v) is 7.04. The summed E-state index contributed by atoms with van der Waals surface area (Å²) in [5.41, 5.74) is 0.740. The standard InChI is InChI=1S/C19H27N3O3/c1-13(14-5-6-14)20-18(23)12-22-11-3-4-17(22)19(24)21-15-7-9-16(25-2)10-8-15/h7-10,13-14,17H,3-6,11-12H2,1-2H3,(H,20,23)(H,21,24)/t13-,17+/m0/s1. The lowest BCUT2D eigenvalue weighted by Crippen LogP contribution is -2.46. The third kappa shape index (κ3) is 4.72. The van der Waals surface area contributed by atoms with E-state index in [1.165, 1.54) is 12.8 Å². The zero-order valence-electron chi connectivity index (χ0n) is 15.0. The number of rotatable bonds is 7. The Bertz CT molecular complexity index is 613. The Morgan fingerprint density at radius 1 is 1.24 bits per heavy atom. The molecule has 3 rings (SSSR count). The van der Waals surface area contributed by atoms with Gasteiger partial charge in [-0.2, -0.15) is 0 Å². The number of carbonyl (C=O) groups excluding carboxylic acids is 2. The van der Waals surface area contributed by atoms with Crippen molar-refractivity contribution in [2.24, 2.45) is 5.92 Å². The summed E-state index contributed by atoms with van der Waals surface area (Å²) in [6.45, 7) is 3.14. The molecule has 1 saturated carbocycles. The van der Waals surface area contributed by atoms with Gasteiger partial charge in [0.1, 0.15) is 5.75 Å². The summed E-state index contributed by atoms with van der Waals surface area (Å²) < 4.78 is 5.12. The molecular weight excluding hydrogens is 318 g/mol. The van der Waals surface area contributed by atoms with E-state index >= 15 is 0 Å². The van der Waals surface area contributed by atoms with E-state index < -0.39 is 0 Å². The number of ether oxygens (including phenoxy) is 1. The molecule has 2 amide bonds. The van der Waals surface area contributed by atoms with E-state index in [-0.39, 0.29) is 30.4 Å². The fourth-order valence-corrected chi connectivity index (χ4v) is 3.41. The molecule has 0 aromatic heterocycles. The first-order valence-electron chi connectivity index (χ1n) is 9.05. The van der Waals surface area contributed by atoms with Crippen LogP contribution in [0.1, 0.15) is 32.6 Å². The van der Waals surface area contributed by atoms with Gasteiger partial charge in [0.2, 0.25) is 11.8 Å². The van der Waals surface area contributed by atoms with E-state index in [0.29, 0.717) is 5.92 Å². The lowest BCUT2D eigenvalue weighted by Gasteiger charge is -2.24. The third-order valence-corrected chi connectivity index (χ3v) is 5.09. The maximum atomic E-state index is 12.6. The van der Waals surface area contributed by atoms with Gasteiger partial charge in [-0.1, -0.05) is 0 Å². The van der Waals surface area contributed by atoms with Crippen LogP contribution in [0.2, 0.25) is 0 Å². The van der Waals surface area contributed by atoms with Gasteiger partial charge in [-0.25, -0.2) is 0 Å². The summed E-state index contributed by atoms with van der Waals surface area (Å²) in [5, 5.41) is 6.00. The Kier molecular flexibility index (Phi) is 5.58. The number of methoxy groups -OCH3 is 1. The van der Waals surface area contributed by atoms with Crippen molar-refractivity contribution < 1.29 is 14.3 Å².